The Balaban J connectivity index is 1.78. The van der Waals surface area contributed by atoms with Crippen molar-refractivity contribution >= 4 is 5.91 Å². The highest BCUT2D eigenvalue weighted by Crippen LogP contribution is 2.18. The Morgan fingerprint density at radius 1 is 1.13 bits per heavy atom. The Morgan fingerprint density at radius 2 is 1.93 bits per heavy atom. The topological polar surface area (TPSA) is 86.1 Å². The molecule has 0 unspecified atom stereocenters. The quantitative estimate of drug-likeness (QED) is 0.621. The SMILES string of the molecule is CCCOc1ccccc1CNC(=O)c1c(C)ccn(Cc2cnc(C)cn2)c1=O. The van der Waals surface area contributed by atoms with Crippen LogP contribution in [0.15, 0.2) is 53.7 Å². The molecule has 0 bridgehead atoms. The number of nitrogens with zero attached hydrogens (tertiary/aromatic N) is 3. The van der Waals surface area contributed by atoms with Gasteiger partial charge < -0.3 is 14.6 Å². The van der Waals surface area contributed by atoms with E-state index in [1.54, 1.807) is 31.6 Å². The molecule has 0 fully saturated rings. The molecule has 0 saturated heterocycles. The van der Waals surface area contributed by atoms with Gasteiger partial charge in [-0.1, -0.05) is 25.1 Å². The molecule has 3 aromatic rings. The van der Waals surface area contributed by atoms with Crippen molar-refractivity contribution in [1.29, 1.82) is 0 Å². The summed E-state index contributed by atoms with van der Waals surface area (Å²) >= 11 is 0. The molecule has 156 valence electrons. The van der Waals surface area contributed by atoms with Crippen molar-refractivity contribution in [3.63, 3.8) is 0 Å². The van der Waals surface area contributed by atoms with Crippen LogP contribution in [-0.2, 0) is 13.1 Å². The van der Waals surface area contributed by atoms with Gasteiger partial charge in [-0.25, -0.2) is 0 Å². The zero-order valence-corrected chi connectivity index (χ0v) is 17.5. The van der Waals surface area contributed by atoms with Crippen LogP contribution in [0.2, 0.25) is 0 Å². The lowest BCUT2D eigenvalue weighted by atomic mass is 10.1. The van der Waals surface area contributed by atoms with Crippen molar-refractivity contribution in [3.8, 4) is 5.75 Å². The minimum absolute atomic E-state index is 0.129. The van der Waals surface area contributed by atoms with Gasteiger partial charge in [-0.05, 0) is 38.0 Å². The van der Waals surface area contributed by atoms with Crippen LogP contribution < -0.4 is 15.6 Å². The molecule has 0 saturated carbocycles. The van der Waals surface area contributed by atoms with E-state index in [1.807, 2.05) is 38.1 Å². The molecule has 0 aliphatic carbocycles. The number of para-hydroxylation sites is 1. The summed E-state index contributed by atoms with van der Waals surface area (Å²) in [6.45, 7) is 6.77. The lowest BCUT2D eigenvalue weighted by molar-refractivity contribution is 0.0948. The van der Waals surface area contributed by atoms with Crippen LogP contribution in [-0.4, -0.2) is 27.0 Å². The predicted molar refractivity (Wildman–Crippen MR) is 115 cm³/mol. The van der Waals surface area contributed by atoms with Crippen LogP contribution in [0.25, 0.3) is 0 Å². The van der Waals surface area contributed by atoms with Crippen LogP contribution in [0, 0.1) is 13.8 Å². The number of aryl methyl sites for hydroxylation is 2. The minimum atomic E-state index is -0.410. The number of nitrogens with one attached hydrogen (secondary N) is 1. The van der Waals surface area contributed by atoms with E-state index in [0.717, 1.165) is 23.4 Å². The molecule has 1 aromatic carbocycles. The summed E-state index contributed by atoms with van der Waals surface area (Å²) < 4.78 is 7.21. The lowest BCUT2D eigenvalue weighted by Gasteiger charge is -2.13. The molecule has 0 radical (unpaired) electrons. The first-order valence-corrected chi connectivity index (χ1v) is 9.96. The van der Waals surface area contributed by atoms with Gasteiger partial charge in [0.05, 0.1) is 30.7 Å². The average Bonchev–Trinajstić information content (AvgIpc) is 2.75. The Bertz CT molecular complexity index is 1070. The third-order valence-corrected chi connectivity index (χ3v) is 4.64. The molecule has 7 nitrogen and oxygen atoms in total. The highest BCUT2D eigenvalue weighted by molar-refractivity contribution is 5.95. The molecule has 0 atom stereocenters. The third kappa shape index (κ3) is 5.11. The van der Waals surface area contributed by atoms with Gasteiger partial charge in [0.15, 0.2) is 0 Å². The van der Waals surface area contributed by atoms with Gasteiger partial charge in [0.2, 0.25) is 0 Å². The van der Waals surface area contributed by atoms with Gasteiger partial charge in [0.1, 0.15) is 11.3 Å². The number of carbonyl (C=O) groups excluding carboxylic acids is 1. The molecule has 0 spiro atoms. The number of rotatable bonds is 8. The lowest BCUT2D eigenvalue weighted by Crippen LogP contribution is -2.34. The van der Waals surface area contributed by atoms with Crippen LogP contribution in [0.3, 0.4) is 0 Å². The predicted octanol–water partition coefficient (Wildman–Crippen LogP) is 3.02. The maximum absolute atomic E-state index is 13.0. The number of benzene rings is 1. The minimum Gasteiger partial charge on any atom is -0.493 e. The van der Waals surface area contributed by atoms with Gasteiger partial charge in [-0.2, -0.15) is 0 Å². The maximum Gasteiger partial charge on any atom is 0.264 e. The molecule has 7 heteroatoms. The molecule has 1 N–H and O–H groups in total. The summed E-state index contributed by atoms with van der Waals surface area (Å²) in [6, 6.07) is 9.32. The first-order valence-electron chi connectivity index (χ1n) is 9.96. The zero-order valence-electron chi connectivity index (χ0n) is 17.5. The highest BCUT2D eigenvalue weighted by Gasteiger charge is 2.16. The number of ether oxygens (including phenoxy) is 1. The summed E-state index contributed by atoms with van der Waals surface area (Å²) in [6.07, 6.45) is 5.85. The molecular weight excluding hydrogens is 380 g/mol. The van der Waals surface area contributed by atoms with E-state index in [1.165, 1.54) is 4.57 Å². The van der Waals surface area contributed by atoms with Crippen molar-refractivity contribution in [2.24, 2.45) is 0 Å². The van der Waals surface area contributed by atoms with Crippen molar-refractivity contribution < 1.29 is 9.53 Å². The standard InChI is InChI=1S/C23H26N4O3/c1-4-11-30-20-8-6-5-7-18(20)13-26-22(28)21-16(2)9-10-27(23(21)29)15-19-14-24-17(3)12-25-19/h5-10,12,14H,4,11,13,15H2,1-3H3,(H,26,28). The summed E-state index contributed by atoms with van der Waals surface area (Å²) in [5, 5.41) is 2.85. The largest absolute Gasteiger partial charge is 0.493 e. The van der Waals surface area contributed by atoms with Gasteiger partial charge in [-0.15, -0.1) is 0 Å². The smallest absolute Gasteiger partial charge is 0.264 e. The maximum atomic E-state index is 13.0. The Hall–Kier alpha value is -3.48. The second-order valence-electron chi connectivity index (χ2n) is 7.09. The van der Waals surface area contributed by atoms with E-state index in [9.17, 15) is 9.59 Å². The van der Waals surface area contributed by atoms with Crippen LogP contribution in [0.1, 0.15) is 46.2 Å². The summed E-state index contributed by atoms with van der Waals surface area (Å²) in [4.78, 5) is 34.3. The summed E-state index contributed by atoms with van der Waals surface area (Å²) in [5.41, 5.74) is 2.72. The highest BCUT2D eigenvalue weighted by atomic mass is 16.5. The molecule has 2 heterocycles. The van der Waals surface area contributed by atoms with Gasteiger partial charge in [-0.3, -0.25) is 19.6 Å². The monoisotopic (exact) mass is 406 g/mol. The van der Waals surface area contributed by atoms with Gasteiger partial charge in [0.25, 0.3) is 11.5 Å². The van der Waals surface area contributed by atoms with Gasteiger partial charge >= 0.3 is 0 Å². The first-order chi connectivity index (χ1) is 14.5. The molecule has 2 aromatic heterocycles. The van der Waals surface area contributed by atoms with Crippen molar-refractivity contribution in [2.75, 3.05) is 6.61 Å². The Kier molecular flexibility index (Phi) is 6.95. The van der Waals surface area contributed by atoms with Crippen molar-refractivity contribution in [2.45, 2.75) is 40.3 Å². The number of hydrogen-bond donors (Lipinski definition) is 1. The number of hydrogen-bond acceptors (Lipinski definition) is 5. The zero-order chi connectivity index (χ0) is 21.5. The normalized spacial score (nSPS) is 10.6. The van der Waals surface area contributed by atoms with E-state index in [2.05, 4.69) is 15.3 Å². The fourth-order valence-electron chi connectivity index (χ4n) is 3.01. The molecule has 0 aliphatic rings. The average molecular weight is 406 g/mol. The Labute approximate surface area is 175 Å². The molecule has 30 heavy (non-hydrogen) atoms. The van der Waals surface area contributed by atoms with Crippen LogP contribution >= 0.6 is 0 Å². The molecular formula is C23H26N4O3. The van der Waals surface area contributed by atoms with Crippen LogP contribution in [0.4, 0.5) is 0 Å². The van der Waals surface area contributed by atoms with Crippen molar-refractivity contribution in [3.05, 3.63) is 87.4 Å². The number of amides is 1. The molecule has 1 amide bonds. The third-order valence-electron chi connectivity index (χ3n) is 4.64. The summed E-state index contributed by atoms with van der Waals surface area (Å²) in [5.74, 6) is 0.326. The van der Waals surface area contributed by atoms with Gasteiger partial charge in [0, 0.05) is 24.5 Å². The van der Waals surface area contributed by atoms with E-state index >= 15 is 0 Å². The van der Waals surface area contributed by atoms with Crippen LogP contribution in [0.5, 0.6) is 5.75 Å². The number of aromatic nitrogens is 3. The molecule has 3 rings (SSSR count). The first kappa shape index (κ1) is 21.2. The fourth-order valence-corrected chi connectivity index (χ4v) is 3.01. The van der Waals surface area contributed by atoms with Crippen molar-refractivity contribution in [1.82, 2.24) is 19.9 Å². The van der Waals surface area contributed by atoms with E-state index in [-0.39, 0.29) is 24.2 Å². The van der Waals surface area contributed by atoms with E-state index in [4.69, 9.17) is 4.74 Å². The summed E-state index contributed by atoms with van der Waals surface area (Å²) in [7, 11) is 0. The number of carbonyl (C=O) groups is 1. The van der Waals surface area contributed by atoms with E-state index in [0.29, 0.717) is 17.9 Å². The molecule has 0 aliphatic heterocycles. The number of pyridine rings is 1. The second kappa shape index (κ2) is 9.82. The fraction of sp³-hybridized carbons (Fsp3) is 0.304. The van der Waals surface area contributed by atoms with E-state index < -0.39 is 5.91 Å². The Morgan fingerprint density at radius 3 is 2.67 bits per heavy atom. The second-order valence-corrected chi connectivity index (χ2v) is 7.09.